The van der Waals surface area contributed by atoms with Crippen LogP contribution in [0.3, 0.4) is 0 Å². The van der Waals surface area contributed by atoms with Crippen molar-refractivity contribution in [1.82, 2.24) is 9.97 Å². The Labute approximate surface area is 90.4 Å². The van der Waals surface area contributed by atoms with E-state index in [1.54, 1.807) is 6.20 Å². The van der Waals surface area contributed by atoms with Gasteiger partial charge in [-0.25, -0.2) is 4.98 Å². The lowest BCUT2D eigenvalue weighted by atomic mass is 9.81. The molecule has 1 N–H and O–H groups in total. The Morgan fingerprint density at radius 2 is 1.93 bits per heavy atom. The van der Waals surface area contributed by atoms with Crippen LogP contribution >= 0.6 is 0 Å². The van der Waals surface area contributed by atoms with E-state index in [1.165, 1.54) is 5.56 Å². The lowest BCUT2D eigenvalue weighted by molar-refractivity contribution is 0.509. The molecule has 0 aliphatic carbocycles. The second kappa shape index (κ2) is 3.89. The maximum atomic E-state index is 4.27. The van der Waals surface area contributed by atoms with Crippen LogP contribution in [-0.2, 0) is 11.8 Å². The summed E-state index contributed by atoms with van der Waals surface area (Å²) in [6.45, 7) is 4.48. The number of hydrogen-bond acceptors (Lipinski definition) is 1. The van der Waals surface area contributed by atoms with Gasteiger partial charge < -0.3 is 4.98 Å². The monoisotopic (exact) mass is 200 g/mol. The minimum absolute atomic E-state index is 0.124. The molecule has 0 amide bonds. The summed E-state index contributed by atoms with van der Waals surface area (Å²) >= 11 is 0. The molecule has 0 saturated carbocycles. The van der Waals surface area contributed by atoms with Crippen LogP contribution < -0.4 is 0 Å². The lowest BCUT2D eigenvalue weighted by Crippen LogP contribution is -2.21. The highest BCUT2D eigenvalue weighted by molar-refractivity contribution is 5.24. The molecule has 1 aromatic heterocycles. The molecule has 78 valence electrons. The van der Waals surface area contributed by atoms with Crippen LogP contribution in [0.5, 0.6) is 0 Å². The second-order valence-electron chi connectivity index (χ2n) is 4.46. The molecule has 0 unspecified atom stereocenters. The van der Waals surface area contributed by atoms with Crippen molar-refractivity contribution in [3.8, 4) is 0 Å². The van der Waals surface area contributed by atoms with Gasteiger partial charge in [0.05, 0.1) is 0 Å². The minimum atomic E-state index is 0.124. The number of rotatable bonds is 3. The zero-order valence-corrected chi connectivity index (χ0v) is 9.20. The number of imidazole rings is 1. The van der Waals surface area contributed by atoms with Gasteiger partial charge in [-0.05, 0) is 11.0 Å². The Morgan fingerprint density at radius 1 is 1.20 bits per heavy atom. The maximum absolute atomic E-state index is 4.27. The quantitative estimate of drug-likeness (QED) is 0.810. The van der Waals surface area contributed by atoms with Crippen molar-refractivity contribution < 1.29 is 0 Å². The van der Waals surface area contributed by atoms with Crippen LogP contribution in [0.1, 0.15) is 25.2 Å². The van der Waals surface area contributed by atoms with E-state index in [9.17, 15) is 0 Å². The Balaban J connectivity index is 2.20. The molecule has 0 bridgehead atoms. The van der Waals surface area contributed by atoms with E-state index in [-0.39, 0.29) is 5.41 Å². The third kappa shape index (κ3) is 2.27. The van der Waals surface area contributed by atoms with E-state index >= 15 is 0 Å². The number of benzene rings is 1. The largest absolute Gasteiger partial charge is 0.349 e. The molecule has 0 atom stereocenters. The first-order chi connectivity index (χ1) is 7.18. The zero-order valence-electron chi connectivity index (χ0n) is 9.20. The minimum Gasteiger partial charge on any atom is -0.349 e. The number of aromatic nitrogens is 2. The first-order valence-corrected chi connectivity index (χ1v) is 5.22. The molecular formula is C13H16N2. The summed E-state index contributed by atoms with van der Waals surface area (Å²) in [5.74, 6) is 1.05. The number of hydrogen-bond donors (Lipinski definition) is 1. The van der Waals surface area contributed by atoms with Gasteiger partial charge in [-0.1, -0.05) is 44.2 Å². The molecule has 0 fully saturated rings. The van der Waals surface area contributed by atoms with Crippen LogP contribution in [0.15, 0.2) is 42.7 Å². The molecule has 2 aromatic rings. The first-order valence-electron chi connectivity index (χ1n) is 5.22. The fourth-order valence-corrected chi connectivity index (χ4v) is 1.80. The van der Waals surface area contributed by atoms with Gasteiger partial charge in [0, 0.05) is 18.8 Å². The van der Waals surface area contributed by atoms with Crippen LogP contribution in [0.25, 0.3) is 0 Å². The highest BCUT2D eigenvalue weighted by Gasteiger charge is 2.21. The van der Waals surface area contributed by atoms with E-state index in [1.807, 2.05) is 12.3 Å². The Kier molecular flexibility index (Phi) is 2.58. The molecule has 0 saturated heterocycles. The van der Waals surface area contributed by atoms with Crippen molar-refractivity contribution in [2.24, 2.45) is 0 Å². The predicted octanol–water partition coefficient (Wildman–Crippen LogP) is 2.93. The van der Waals surface area contributed by atoms with Gasteiger partial charge in [0.15, 0.2) is 0 Å². The molecule has 0 aliphatic heterocycles. The van der Waals surface area contributed by atoms with Gasteiger partial charge >= 0.3 is 0 Å². The SMILES string of the molecule is CC(C)(Cc1ncc[nH]1)c1ccccc1. The molecule has 0 aliphatic rings. The van der Waals surface area contributed by atoms with Crippen molar-refractivity contribution in [1.29, 1.82) is 0 Å². The van der Waals surface area contributed by atoms with E-state index in [4.69, 9.17) is 0 Å². The highest BCUT2D eigenvalue weighted by atomic mass is 14.9. The number of nitrogens with one attached hydrogen (secondary N) is 1. The molecule has 2 heteroatoms. The molecule has 2 rings (SSSR count). The van der Waals surface area contributed by atoms with Crippen molar-refractivity contribution in [2.75, 3.05) is 0 Å². The summed E-state index contributed by atoms with van der Waals surface area (Å²) in [5, 5.41) is 0. The molecule has 0 spiro atoms. The second-order valence-corrected chi connectivity index (χ2v) is 4.46. The van der Waals surface area contributed by atoms with E-state index in [2.05, 4.69) is 48.1 Å². The summed E-state index contributed by atoms with van der Waals surface area (Å²) in [5.41, 5.74) is 1.47. The lowest BCUT2D eigenvalue weighted by Gasteiger charge is -2.24. The zero-order chi connectivity index (χ0) is 10.7. The Hall–Kier alpha value is -1.57. The van der Waals surface area contributed by atoms with Crippen LogP contribution in [0, 0.1) is 0 Å². The van der Waals surface area contributed by atoms with Crippen molar-refractivity contribution >= 4 is 0 Å². The third-order valence-electron chi connectivity index (χ3n) is 2.72. The number of aromatic amines is 1. The van der Waals surface area contributed by atoms with Gasteiger partial charge in [-0.15, -0.1) is 0 Å². The van der Waals surface area contributed by atoms with Crippen LogP contribution in [-0.4, -0.2) is 9.97 Å². The fraction of sp³-hybridized carbons (Fsp3) is 0.308. The summed E-state index contributed by atoms with van der Waals surface area (Å²) in [6.07, 6.45) is 4.61. The molecule has 1 aromatic carbocycles. The summed E-state index contributed by atoms with van der Waals surface area (Å²) < 4.78 is 0. The molecule has 15 heavy (non-hydrogen) atoms. The summed E-state index contributed by atoms with van der Waals surface area (Å²) in [4.78, 5) is 7.42. The third-order valence-corrected chi connectivity index (χ3v) is 2.72. The highest BCUT2D eigenvalue weighted by Crippen LogP contribution is 2.25. The molecular weight excluding hydrogens is 184 g/mol. The molecule has 2 nitrogen and oxygen atoms in total. The van der Waals surface area contributed by atoms with Crippen LogP contribution in [0.2, 0.25) is 0 Å². The number of nitrogens with zero attached hydrogens (tertiary/aromatic N) is 1. The molecule has 0 radical (unpaired) electrons. The Morgan fingerprint density at radius 3 is 2.53 bits per heavy atom. The smallest absolute Gasteiger partial charge is 0.106 e. The van der Waals surface area contributed by atoms with Crippen molar-refractivity contribution in [3.05, 3.63) is 54.1 Å². The van der Waals surface area contributed by atoms with E-state index in [0.29, 0.717) is 0 Å². The number of H-pyrrole nitrogens is 1. The maximum Gasteiger partial charge on any atom is 0.106 e. The van der Waals surface area contributed by atoms with Crippen molar-refractivity contribution in [3.63, 3.8) is 0 Å². The standard InChI is InChI=1S/C13H16N2/c1-13(2,10-12-14-8-9-15-12)11-6-4-3-5-7-11/h3-9H,10H2,1-2H3,(H,14,15). The molecule has 1 heterocycles. The summed E-state index contributed by atoms with van der Waals surface area (Å²) in [7, 11) is 0. The van der Waals surface area contributed by atoms with Gasteiger partial charge in [-0.2, -0.15) is 0 Å². The van der Waals surface area contributed by atoms with Crippen molar-refractivity contribution in [2.45, 2.75) is 25.7 Å². The first kappa shape index (κ1) is 9.97. The normalized spacial score (nSPS) is 11.6. The fourth-order valence-electron chi connectivity index (χ4n) is 1.80. The Bertz CT molecular complexity index is 401. The predicted molar refractivity (Wildman–Crippen MR) is 61.8 cm³/mol. The summed E-state index contributed by atoms with van der Waals surface area (Å²) in [6, 6.07) is 10.6. The average molecular weight is 200 g/mol. The average Bonchev–Trinajstić information content (AvgIpc) is 2.71. The van der Waals surface area contributed by atoms with Gasteiger partial charge in [0.1, 0.15) is 5.82 Å². The van der Waals surface area contributed by atoms with Crippen LogP contribution in [0.4, 0.5) is 0 Å². The van der Waals surface area contributed by atoms with Gasteiger partial charge in [-0.3, -0.25) is 0 Å². The van der Waals surface area contributed by atoms with Gasteiger partial charge in [0.2, 0.25) is 0 Å². The van der Waals surface area contributed by atoms with E-state index in [0.717, 1.165) is 12.2 Å². The van der Waals surface area contributed by atoms with Gasteiger partial charge in [0.25, 0.3) is 0 Å². The van der Waals surface area contributed by atoms with E-state index < -0.39 is 0 Å². The topological polar surface area (TPSA) is 28.7 Å².